The highest BCUT2D eigenvalue weighted by molar-refractivity contribution is 7.17. The fourth-order valence-electron chi connectivity index (χ4n) is 3.21. The van der Waals surface area contributed by atoms with Crippen molar-refractivity contribution in [3.05, 3.63) is 58.9 Å². The fraction of sp³-hybridized carbons (Fsp3) is 0.200. The average molecular weight is 406 g/mol. The van der Waals surface area contributed by atoms with Gasteiger partial charge in [0.05, 0.1) is 36.8 Å². The number of thiazole rings is 1. The molecule has 0 bridgehead atoms. The second-order valence-corrected chi connectivity index (χ2v) is 7.94. The van der Waals surface area contributed by atoms with E-state index in [1.807, 2.05) is 31.2 Å². The van der Waals surface area contributed by atoms with E-state index in [0.717, 1.165) is 35.4 Å². The van der Waals surface area contributed by atoms with E-state index < -0.39 is 0 Å². The van der Waals surface area contributed by atoms with Crippen LogP contribution in [-0.2, 0) is 4.74 Å². The van der Waals surface area contributed by atoms with E-state index in [0.29, 0.717) is 21.7 Å². The first-order chi connectivity index (χ1) is 14.2. The number of aryl methyl sites for hydroxylation is 1. The topological polar surface area (TPSA) is 105 Å². The van der Waals surface area contributed by atoms with Crippen LogP contribution in [0.2, 0.25) is 0 Å². The Bertz CT molecular complexity index is 1200. The molecule has 0 unspecified atom stereocenters. The number of amides is 1. The Hall–Kier alpha value is -3.30. The van der Waals surface area contributed by atoms with E-state index in [1.54, 1.807) is 18.6 Å². The molecule has 0 spiro atoms. The number of nitrogens with zero attached hydrogens (tertiary/aromatic N) is 3. The predicted molar refractivity (Wildman–Crippen MR) is 112 cm³/mol. The summed E-state index contributed by atoms with van der Waals surface area (Å²) in [5.74, 6) is 0.917. The van der Waals surface area contributed by atoms with E-state index in [4.69, 9.17) is 4.74 Å². The number of nitrogens with one attached hydrogen (secondary N) is 3. The summed E-state index contributed by atoms with van der Waals surface area (Å²) in [6.07, 6.45) is 5.05. The lowest BCUT2D eigenvalue weighted by molar-refractivity contribution is 0.00842. The third kappa shape index (κ3) is 3.45. The number of aromatic nitrogens is 4. The molecular formula is C20H18N6O2S. The molecule has 146 valence electrons. The third-order valence-electron chi connectivity index (χ3n) is 4.93. The van der Waals surface area contributed by atoms with Crippen molar-refractivity contribution >= 4 is 44.8 Å². The highest BCUT2D eigenvalue weighted by atomic mass is 32.1. The van der Waals surface area contributed by atoms with Crippen LogP contribution in [0.1, 0.15) is 26.7 Å². The van der Waals surface area contributed by atoms with Gasteiger partial charge in [0.15, 0.2) is 5.13 Å². The molecule has 29 heavy (non-hydrogen) atoms. The number of pyridine rings is 1. The normalized spacial score (nSPS) is 14.0. The van der Waals surface area contributed by atoms with Gasteiger partial charge in [0.1, 0.15) is 10.7 Å². The number of hydrogen-bond acceptors (Lipinski definition) is 7. The standard InChI is InChI=1S/C20H18N6O2S/c1-11-2-3-15-14(7-23-26-15)18(11)25-19(27)16-8-22-20(29-16)24-17-6-12(4-5-21-17)13-9-28-10-13/h2-8,13H,9-10H2,1H3,(H,23,26)(H,25,27)(H,21,22,24). The maximum Gasteiger partial charge on any atom is 0.267 e. The number of aromatic amines is 1. The summed E-state index contributed by atoms with van der Waals surface area (Å²) in [6.45, 7) is 3.44. The smallest absolute Gasteiger partial charge is 0.267 e. The number of hydrogen-bond donors (Lipinski definition) is 3. The Kier molecular flexibility index (Phi) is 4.45. The van der Waals surface area contributed by atoms with Crippen LogP contribution in [0, 0.1) is 6.92 Å². The number of anilines is 3. The second-order valence-electron chi connectivity index (χ2n) is 6.91. The lowest BCUT2D eigenvalue weighted by Crippen LogP contribution is -2.25. The molecule has 4 heterocycles. The molecule has 8 nitrogen and oxygen atoms in total. The number of ether oxygens (including phenoxy) is 1. The van der Waals surface area contributed by atoms with Crippen LogP contribution in [-0.4, -0.2) is 39.3 Å². The zero-order valence-corrected chi connectivity index (χ0v) is 16.4. The molecule has 0 saturated carbocycles. The lowest BCUT2D eigenvalue weighted by Gasteiger charge is -2.26. The lowest BCUT2D eigenvalue weighted by atomic mass is 9.99. The minimum atomic E-state index is -0.208. The van der Waals surface area contributed by atoms with Gasteiger partial charge in [-0.3, -0.25) is 9.89 Å². The first-order valence-corrected chi connectivity index (χ1v) is 9.99. The Labute approximate surface area is 170 Å². The molecule has 1 saturated heterocycles. The molecule has 5 rings (SSSR count). The summed E-state index contributed by atoms with van der Waals surface area (Å²) in [5.41, 5.74) is 3.78. The van der Waals surface area contributed by atoms with Crippen LogP contribution in [0.25, 0.3) is 10.9 Å². The van der Waals surface area contributed by atoms with Crippen LogP contribution >= 0.6 is 11.3 Å². The molecule has 1 fully saturated rings. The van der Waals surface area contributed by atoms with Gasteiger partial charge in [-0.2, -0.15) is 5.10 Å². The molecule has 3 N–H and O–H groups in total. The van der Waals surface area contributed by atoms with Gasteiger partial charge < -0.3 is 15.4 Å². The number of benzene rings is 1. The van der Waals surface area contributed by atoms with Crippen molar-refractivity contribution in [2.45, 2.75) is 12.8 Å². The Morgan fingerprint density at radius 1 is 1.24 bits per heavy atom. The van der Waals surface area contributed by atoms with Crippen molar-refractivity contribution < 1.29 is 9.53 Å². The number of rotatable bonds is 5. The summed E-state index contributed by atoms with van der Waals surface area (Å²) in [5, 5.41) is 14.6. The van der Waals surface area contributed by atoms with Gasteiger partial charge in [-0.05, 0) is 36.2 Å². The molecule has 0 atom stereocenters. The third-order valence-corrected chi connectivity index (χ3v) is 5.84. The zero-order chi connectivity index (χ0) is 19.8. The van der Waals surface area contributed by atoms with Crippen molar-refractivity contribution in [3.63, 3.8) is 0 Å². The van der Waals surface area contributed by atoms with E-state index in [1.165, 1.54) is 16.9 Å². The number of carbonyl (C=O) groups is 1. The SMILES string of the molecule is Cc1ccc2[nH]ncc2c1NC(=O)c1cnc(Nc2cc(C3COC3)ccn2)s1. The zero-order valence-electron chi connectivity index (χ0n) is 15.6. The number of carbonyl (C=O) groups excluding carboxylic acids is 1. The van der Waals surface area contributed by atoms with Gasteiger partial charge in [0, 0.05) is 17.5 Å². The van der Waals surface area contributed by atoms with Gasteiger partial charge in [-0.15, -0.1) is 0 Å². The van der Waals surface area contributed by atoms with E-state index in [2.05, 4.69) is 30.8 Å². The molecule has 9 heteroatoms. The minimum absolute atomic E-state index is 0.208. The highest BCUT2D eigenvalue weighted by Gasteiger charge is 2.21. The molecule has 3 aromatic heterocycles. The van der Waals surface area contributed by atoms with E-state index >= 15 is 0 Å². The summed E-state index contributed by atoms with van der Waals surface area (Å²) >= 11 is 1.28. The molecule has 1 aliphatic heterocycles. The number of fused-ring (bicyclic) bond motifs is 1. The van der Waals surface area contributed by atoms with Crippen molar-refractivity contribution in [1.29, 1.82) is 0 Å². The Morgan fingerprint density at radius 2 is 2.14 bits per heavy atom. The van der Waals surface area contributed by atoms with Crippen LogP contribution in [0.4, 0.5) is 16.6 Å². The van der Waals surface area contributed by atoms with E-state index in [-0.39, 0.29) is 5.91 Å². The molecule has 1 aromatic carbocycles. The second kappa shape index (κ2) is 7.26. The molecule has 0 aliphatic carbocycles. The quantitative estimate of drug-likeness (QED) is 0.465. The maximum absolute atomic E-state index is 12.8. The molecule has 1 amide bonds. The van der Waals surface area contributed by atoms with Crippen LogP contribution in [0.3, 0.4) is 0 Å². The highest BCUT2D eigenvalue weighted by Crippen LogP contribution is 2.29. The van der Waals surface area contributed by atoms with Crippen molar-refractivity contribution in [2.75, 3.05) is 23.8 Å². The van der Waals surface area contributed by atoms with Crippen molar-refractivity contribution in [1.82, 2.24) is 20.2 Å². The molecule has 0 radical (unpaired) electrons. The summed E-state index contributed by atoms with van der Waals surface area (Å²) in [7, 11) is 0. The summed E-state index contributed by atoms with van der Waals surface area (Å²) in [4.78, 5) is 21.9. The van der Waals surface area contributed by atoms with Crippen LogP contribution in [0.15, 0.2) is 42.9 Å². The monoisotopic (exact) mass is 406 g/mol. The molecule has 1 aliphatic rings. The number of H-pyrrole nitrogens is 1. The predicted octanol–water partition coefficient (Wildman–Crippen LogP) is 3.83. The van der Waals surface area contributed by atoms with Gasteiger partial charge >= 0.3 is 0 Å². The average Bonchev–Trinajstić information content (AvgIpc) is 3.32. The van der Waals surface area contributed by atoms with Crippen molar-refractivity contribution in [3.8, 4) is 0 Å². The summed E-state index contributed by atoms with van der Waals surface area (Å²) in [6, 6.07) is 7.88. The summed E-state index contributed by atoms with van der Waals surface area (Å²) < 4.78 is 5.25. The fourth-order valence-corrected chi connectivity index (χ4v) is 3.93. The van der Waals surface area contributed by atoms with Crippen LogP contribution in [0.5, 0.6) is 0 Å². The van der Waals surface area contributed by atoms with Gasteiger partial charge in [0.25, 0.3) is 5.91 Å². The van der Waals surface area contributed by atoms with E-state index in [9.17, 15) is 4.79 Å². The van der Waals surface area contributed by atoms with Crippen LogP contribution < -0.4 is 10.6 Å². The molecular weight excluding hydrogens is 388 g/mol. The van der Waals surface area contributed by atoms with Gasteiger partial charge in [-0.25, -0.2) is 9.97 Å². The molecule has 4 aromatic rings. The minimum Gasteiger partial charge on any atom is -0.380 e. The Morgan fingerprint density at radius 3 is 2.97 bits per heavy atom. The first-order valence-electron chi connectivity index (χ1n) is 9.18. The Balaban J connectivity index is 1.32. The van der Waals surface area contributed by atoms with Crippen molar-refractivity contribution in [2.24, 2.45) is 0 Å². The first kappa shape index (κ1) is 17.8. The largest absolute Gasteiger partial charge is 0.380 e. The maximum atomic E-state index is 12.8. The van der Waals surface area contributed by atoms with Gasteiger partial charge in [-0.1, -0.05) is 17.4 Å². The van der Waals surface area contributed by atoms with Gasteiger partial charge in [0.2, 0.25) is 0 Å².